The highest BCUT2D eigenvalue weighted by molar-refractivity contribution is 5.60. The summed E-state index contributed by atoms with van der Waals surface area (Å²) in [7, 11) is 3.34. The first kappa shape index (κ1) is 15.7. The molecule has 0 heterocycles. The van der Waals surface area contributed by atoms with E-state index in [4.69, 9.17) is 9.47 Å². The Bertz CT molecular complexity index is 385. The molecule has 1 aromatic rings. The molecule has 0 saturated heterocycles. The van der Waals surface area contributed by atoms with Gasteiger partial charge in [-0.05, 0) is 31.4 Å². The monoisotopic (exact) mass is 265 g/mol. The van der Waals surface area contributed by atoms with E-state index in [1.807, 2.05) is 12.1 Å². The third kappa shape index (κ3) is 4.34. The molecule has 0 aliphatic rings. The van der Waals surface area contributed by atoms with Crippen molar-refractivity contribution < 1.29 is 9.47 Å². The van der Waals surface area contributed by atoms with Gasteiger partial charge < -0.3 is 14.8 Å². The van der Waals surface area contributed by atoms with Crippen molar-refractivity contribution in [1.82, 2.24) is 0 Å². The van der Waals surface area contributed by atoms with Crippen molar-refractivity contribution in [3.63, 3.8) is 0 Å². The van der Waals surface area contributed by atoms with Crippen molar-refractivity contribution in [1.29, 1.82) is 0 Å². The molecule has 0 aliphatic heterocycles. The van der Waals surface area contributed by atoms with E-state index in [1.54, 1.807) is 14.2 Å². The Morgan fingerprint density at radius 3 is 2.00 bits per heavy atom. The van der Waals surface area contributed by atoms with E-state index in [0.717, 1.165) is 17.2 Å². The van der Waals surface area contributed by atoms with E-state index >= 15 is 0 Å². The van der Waals surface area contributed by atoms with Gasteiger partial charge in [0.25, 0.3) is 0 Å². The highest BCUT2D eigenvalue weighted by Crippen LogP contribution is 2.33. The number of nitrogens with one attached hydrogen (secondary N) is 1. The van der Waals surface area contributed by atoms with Crippen molar-refractivity contribution in [3.05, 3.63) is 17.7 Å². The van der Waals surface area contributed by atoms with Crippen LogP contribution in [-0.4, -0.2) is 20.3 Å². The summed E-state index contributed by atoms with van der Waals surface area (Å²) in [6, 6.07) is 4.59. The molecule has 1 N–H and O–H groups in total. The highest BCUT2D eigenvalue weighted by atomic mass is 16.5. The largest absolute Gasteiger partial charge is 0.493 e. The number of ether oxygens (including phenoxy) is 2. The highest BCUT2D eigenvalue weighted by Gasteiger charge is 2.12. The number of aryl methyl sites for hydroxylation is 1. The number of rotatable bonds is 8. The summed E-state index contributed by atoms with van der Waals surface area (Å²) in [4.78, 5) is 0. The summed E-state index contributed by atoms with van der Waals surface area (Å²) in [6.45, 7) is 6.55. The van der Waals surface area contributed by atoms with E-state index < -0.39 is 0 Å². The van der Waals surface area contributed by atoms with E-state index in [9.17, 15) is 0 Å². The van der Waals surface area contributed by atoms with Crippen LogP contribution in [0.1, 0.15) is 45.1 Å². The molecule has 0 unspecified atom stereocenters. The van der Waals surface area contributed by atoms with Crippen molar-refractivity contribution >= 4 is 5.69 Å². The summed E-state index contributed by atoms with van der Waals surface area (Å²) >= 11 is 0. The minimum absolute atomic E-state index is 0.534. The van der Waals surface area contributed by atoms with Crippen LogP contribution in [-0.2, 0) is 0 Å². The maximum Gasteiger partial charge on any atom is 0.162 e. The molecule has 108 valence electrons. The molecule has 0 aromatic heterocycles. The van der Waals surface area contributed by atoms with Gasteiger partial charge in [-0.25, -0.2) is 0 Å². The lowest BCUT2D eigenvalue weighted by molar-refractivity contribution is 0.355. The Morgan fingerprint density at radius 2 is 1.53 bits per heavy atom. The topological polar surface area (TPSA) is 30.5 Å². The standard InChI is InChI=1S/C16H27NO2/c1-6-8-13(9-7-2)17-14-11-16(19-5)15(18-4)10-12(14)3/h10-11,13,17H,6-9H2,1-5H3. The molecule has 3 heteroatoms. The zero-order valence-electron chi connectivity index (χ0n) is 12.9. The molecule has 0 radical (unpaired) electrons. The second-order valence-corrected chi connectivity index (χ2v) is 4.94. The summed E-state index contributed by atoms with van der Waals surface area (Å²) in [6.07, 6.45) is 4.79. The quantitative estimate of drug-likeness (QED) is 0.756. The van der Waals surface area contributed by atoms with E-state index in [-0.39, 0.29) is 0 Å². The van der Waals surface area contributed by atoms with Crippen LogP contribution in [0.3, 0.4) is 0 Å². The molecule has 1 rings (SSSR count). The van der Waals surface area contributed by atoms with Gasteiger partial charge in [0.05, 0.1) is 14.2 Å². The summed E-state index contributed by atoms with van der Waals surface area (Å²) in [5.41, 5.74) is 2.33. The Kier molecular flexibility index (Phi) is 6.54. The van der Waals surface area contributed by atoms with Crippen LogP contribution in [0.5, 0.6) is 11.5 Å². The first-order valence-electron chi connectivity index (χ1n) is 7.15. The molecular formula is C16H27NO2. The number of methoxy groups -OCH3 is 2. The van der Waals surface area contributed by atoms with E-state index in [0.29, 0.717) is 6.04 Å². The minimum atomic E-state index is 0.534. The van der Waals surface area contributed by atoms with Gasteiger partial charge in [-0.3, -0.25) is 0 Å². The molecule has 0 fully saturated rings. The van der Waals surface area contributed by atoms with Gasteiger partial charge in [-0.2, -0.15) is 0 Å². The van der Waals surface area contributed by atoms with Crippen molar-refractivity contribution in [3.8, 4) is 11.5 Å². The third-order valence-corrected chi connectivity index (χ3v) is 3.36. The fourth-order valence-corrected chi connectivity index (χ4v) is 2.34. The Hall–Kier alpha value is -1.38. The molecule has 0 spiro atoms. The minimum Gasteiger partial charge on any atom is -0.493 e. The van der Waals surface area contributed by atoms with Crippen LogP contribution in [0.25, 0.3) is 0 Å². The fraction of sp³-hybridized carbons (Fsp3) is 0.625. The molecule has 0 amide bonds. The average molecular weight is 265 g/mol. The molecule has 19 heavy (non-hydrogen) atoms. The van der Waals surface area contributed by atoms with Gasteiger partial charge in [0.2, 0.25) is 0 Å². The van der Waals surface area contributed by atoms with Gasteiger partial charge in [-0.15, -0.1) is 0 Å². The summed E-state index contributed by atoms with van der Waals surface area (Å²) in [5, 5.41) is 3.64. The van der Waals surface area contributed by atoms with Crippen LogP contribution in [0.2, 0.25) is 0 Å². The Morgan fingerprint density at radius 1 is 1.00 bits per heavy atom. The molecule has 0 atom stereocenters. The fourth-order valence-electron chi connectivity index (χ4n) is 2.34. The van der Waals surface area contributed by atoms with Crippen LogP contribution < -0.4 is 14.8 Å². The molecule has 3 nitrogen and oxygen atoms in total. The first-order chi connectivity index (χ1) is 9.15. The lowest BCUT2D eigenvalue weighted by Crippen LogP contribution is -2.19. The SMILES string of the molecule is CCCC(CCC)Nc1cc(OC)c(OC)cc1C. The van der Waals surface area contributed by atoms with Gasteiger partial charge in [0, 0.05) is 17.8 Å². The van der Waals surface area contributed by atoms with Gasteiger partial charge in [0.15, 0.2) is 11.5 Å². The summed E-state index contributed by atoms with van der Waals surface area (Å²) < 4.78 is 10.7. The predicted molar refractivity (Wildman–Crippen MR) is 81.5 cm³/mol. The van der Waals surface area contributed by atoms with Gasteiger partial charge in [0.1, 0.15) is 0 Å². The third-order valence-electron chi connectivity index (χ3n) is 3.36. The van der Waals surface area contributed by atoms with Crippen LogP contribution in [0.4, 0.5) is 5.69 Å². The van der Waals surface area contributed by atoms with Crippen LogP contribution in [0, 0.1) is 6.92 Å². The zero-order valence-corrected chi connectivity index (χ0v) is 12.9. The van der Waals surface area contributed by atoms with Gasteiger partial charge in [-0.1, -0.05) is 26.7 Å². The number of anilines is 1. The molecule has 1 aromatic carbocycles. The number of hydrogen-bond acceptors (Lipinski definition) is 3. The molecule has 0 bridgehead atoms. The smallest absolute Gasteiger partial charge is 0.162 e. The second kappa shape index (κ2) is 7.93. The average Bonchev–Trinajstić information content (AvgIpc) is 2.41. The lowest BCUT2D eigenvalue weighted by Gasteiger charge is -2.21. The maximum absolute atomic E-state index is 5.37. The molecule has 0 aliphatic carbocycles. The van der Waals surface area contributed by atoms with E-state index in [1.165, 1.54) is 31.2 Å². The normalized spacial score (nSPS) is 10.6. The second-order valence-electron chi connectivity index (χ2n) is 4.94. The van der Waals surface area contributed by atoms with Gasteiger partial charge >= 0.3 is 0 Å². The maximum atomic E-state index is 5.37. The number of hydrogen-bond donors (Lipinski definition) is 1. The molecular weight excluding hydrogens is 238 g/mol. The van der Waals surface area contributed by atoms with Crippen LogP contribution in [0.15, 0.2) is 12.1 Å². The van der Waals surface area contributed by atoms with Crippen LogP contribution >= 0.6 is 0 Å². The summed E-state index contributed by atoms with van der Waals surface area (Å²) in [5.74, 6) is 1.57. The Labute approximate surface area is 117 Å². The predicted octanol–water partition coefficient (Wildman–Crippen LogP) is 4.39. The first-order valence-corrected chi connectivity index (χ1v) is 7.15. The van der Waals surface area contributed by atoms with Crippen molar-refractivity contribution in [2.75, 3.05) is 19.5 Å². The zero-order chi connectivity index (χ0) is 14.3. The van der Waals surface area contributed by atoms with Crippen molar-refractivity contribution in [2.45, 2.75) is 52.5 Å². The molecule has 0 saturated carbocycles. The lowest BCUT2D eigenvalue weighted by atomic mass is 10.1. The number of benzene rings is 1. The van der Waals surface area contributed by atoms with E-state index in [2.05, 4.69) is 26.1 Å². The Balaban J connectivity index is 2.92. The van der Waals surface area contributed by atoms with Crippen molar-refractivity contribution in [2.24, 2.45) is 0 Å².